The maximum Gasteiger partial charge on any atom is 2.00 e. The van der Waals surface area contributed by atoms with Gasteiger partial charge < -0.3 is 10.2 Å². The molecule has 0 atom stereocenters. The quantitative estimate of drug-likeness (QED) is 0.487. The first-order valence-electron chi connectivity index (χ1n) is 5.96. The minimum atomic E-state index is -1.44. The third kappa shape index (κ3) is 21.5. The van der Waals surface area contributed by atoms with Crippen LogP contribution in [0.1, 0.15) is 11.1 Å². The van der Waals surface area contributed by atoms with E-state index in [1.807, 2.05) is 60.7 Å². The molecule has 112 valence electrons. The molecule has 0 amide bonds. The number of hydrogen-bond donors (Lipinski definition) is 2. The fourth-order valence-corrected chi connectivity index (χ4v) is 1.06. The van der Waals surface area contributed by atoms with Crippen molar-refractivity contribution in [1.82, 2.24) is 0 Å². The molecule has 4 nitrogen and oxygen atoms in total. The van der Waals surface area contributed by atoms with Crippen molar-refractivity contribution in [3.8, 4) is 0 Å². The average molecular weight is 365 g/mol. The van der Waals surface area contributed by atoms with E-state index in [2.05, 4.69) is 13.8 Å². The van der Waals surface area contributed by atoms with Crippen molar-refractivity contribution in [3.05, 3.63) is 92.1 Å². The molecule has 0 aromatic heterocycles. The van der Waals surface area contributed by atoms with Crippen molar-refractivity contribution in [3.63, 3.8) is 0 Å². The summed E-state index contributed by atoms with van der Waals surface area (Å²) in [5, 5.41) is 15.3. The largest absolute Gasteiger partial charge is 2.00 e. The number of carboxylic acid groups (broad SMARTS) is 2. The SMILES string of the molecule is O=C(O)[CH-]C(=O)O.[CH2-]c1ccccc1.[CH2-]c1ccccc1.[Ca+2].[Ca+2]. The van der Waals surface area contributed by atoms with E-state index >= 15 is 0 Å². The third-order valence-electron chi connectivity index (χ3n) is 1.93. The molecule has 23 heavy (non-hydrogen) atoms. The van der Waals surface area contributed by atoms with Crippen LogP contribution in [0.5, 0.6) is 0 Å². The van der Waals surface area contributed by atoms with Crippen LogP contribution in [0.2, 0.25) is 0 Å². The second-order valence-corrected chi connectivity index (χ2v) is 3.79. The van der Waals surface area contributed by atoms with Gasteiger partial charge in [0, 0.05) is 0 Å². The smallest absolute Gasteiger partial charge is 0.503 e. The van der Waals surface area contributed by atoms with Gasteiger partial charge in [-0.15, -0.1) is 24.3 Å². The minimum absolute atomic E-state index is 0. The molecule has 2 rings (SSSR count). The van der Waals surface area contributed by atoms with Gasteiger partial charge in [0.1, 0.15) is 0 Å². The van der Waals surface area contributed by atoms with Crippen LogP contribution < -0.4 is 0 Å². The fourth-order valence-electron chi connectivity index (χ4n) is 1.06. The molecular weight excluding hydrogens is 348 g/mol. The Morgan fingerprint density at radius 1 is 0.696 bits per heavy atom. The van der Waals surface area contributed by atoms with Crippen molar-refractivity contribution in [1.29, 1.82) is 0 Å². The molecule has 0 radical (unpaired) electrons. The third-order valence-corrected chi connectivity index (χ3v) is 1.93. The molecule has 0 aliphatic rings. The molecule has 0 spiro atoms. The Morgan fingerprint density at radius 2 is 0.957 bits per heavy atom. The van der Waals surface area contributed by atoms with Crippen LogP contribution in [0, 0.1) is 20.3 Å². The minimum Gasteiger partial charge on any atom is -0.503 e. The summed E-state index contributed by atoms with van der Waals surface area (Å²) in [4.78, 5) is 18.7. The summed E-state index contributed by atoms with van der Waals surface area (Å²) in [5.41, 5.74) is 2.14. The summed E-state index contributed by atoms with van der Waals surface area (Å²) in [7, 11) is 0. The van der Waals surface area contributed by atoms with Crippen LogP contribution in [-0.4, -0.2) is 97.6 Å². The second kappa shape index (κ2) is 17.9. The number of carboxylic acids is 2. The summed E-state index contributed by atoms with van der Waals surface area (Å²) in [6.07, 6.45) is 0.167. The molecule has 0 aliphatic carbocycles. The predicted molar refractivity (Wildman–Crippen MR) is 92.9 cm³/mol. The van der Waals surface area contributed by atoms with E-state index in [1.54, 1.807) is 0 Å². The Balaban J connectivity index is -0.000000250. The van der Waals surface area contributed by atoms with Gasteiger partial charge in [-0.2, -0.15) is 55.7 Å². The van der Waals surface area contributed by atoms with Crippen molar-refractivity contribution >= 4 is 87.4 Å². The van der Waals surface area contributed by atoms with Crippen molar-refractivity contribution < 1.29 is 19.8 Å². The zero-order chi connectivity index (χ0) is 16.1. The number of carbonyl (C=O) groups is 2. The standard InChI is InChI=1S/2C7H7.C3H3O4.2Ca/c2*1-7-5-3-2-4-6-7;4-2(5)1-3(6)7;;/h2*2-6H,1H2;1H,(H,4,5)(H,6,7);;/q3*-1;2*+2. The molecule has 0 heterocycles. The molecule has 2 aromatic carbocycles. The maximum absolute atomic E-state index is 9.37. The summed E-state index contributed by atoms with van der Waals surface area (Å²) >= 11 is 0. The van der Waals surface area contributed by atoms with Gasteiger partial charge in [-0.25, -0.2) is 0 Å². The molecule has 0 saturated heterocycles. The van der Waals surface area contributed by atoms with Crippen LogP contribution in [-0.2, 0) is 9.59 Å². The van der Waals surface area contributed by atoms with Gasteiger partial charge in [0.2, 0.25) is 0 Å². The Hall–Kier alpha value is -0.491. The first-order valence-corrected chi connectivity index (χ1v) is 5.96. The van der Waals surface area contributed by atoms with E-state index in [1.165, 1.54) is 0 Å². The van der Waals surface area contributed by atoms with Crippen LogP contribution in [0.25, 0.3) is 0 Å². The monoisotopic (exact) mass is 365 g/mol. The van der Waals surface area contributed by atoms with Crippen LogP contribution in [0.4, 0.5) is 0 Å². The summed E-state index contributed by atoms with van der Waals surface area (Å²) in [5.74, 6) is -2.87. The molecule has 0 fully saturated rings. The maximum atomic E-state index is 9.37. The Labute approximate surface area is 196 Å². The van der Waals surface area contributed by atoms with Gasteiger partial charge in [0.25, 0.3) is 0 Å². The Bertz CT molecular complexity index is 481. The van der Waals surface area contributed by atoms with Gasteiger partial charge in [0.15, 0.2) is 11.9 Å². The van der Waals surface area contributed by atoms with E-state index < -0.39 is 11.9 Å². The molecule has 2 N–H and O–H groups in total. The van der Waals surface area contributed by atoms with Gasteiger partial charge in [-0.1, -0.05) is 12.1 Å². The van der Waals surface area contributed by atoms with Crippen molar-refractivity contribution in [2.45, 2.75) is 0 Å². The first-order chi connectivity index (χ1) is 9.91. The molecule has 0 saturated carbocycles. The Kier molecular flexibility index (Phi) is 21.2. The molecule has 0 unspecified atom stereocenters. The van der Waals surface area contributed by atoms with E-state index in [-0.39, 0.29) is 81.9 Å². The van der Waals surface area contributed by atoms with Crippen molar-refractivity contribution in [2.24, 2.45) is 0 Å². The van der Waals surface area contributed by atoms with Crippen molar-refractivity contribution in [2.75, 3.05) is 0 Å². The van der Waals surface area contributed by atoms with E-state index in [9.17, 15) is 9.59 Å². The van der Waals surface area contributed by atoms with E-state index in [4.69, 9.17) is 10.2 Å². The topological polar surface area (TPSA) is 74.6 Å². The number of rotatable bonds is 2. The molecule has 6 heteroatoms. The average Bonchev–Trinajstić information content (AvgIpc) is 2.40. The zero-order valence-corrected chi connectivity index (χ0v) is 17.3. The fraction of sp³-hybridized carbons (Fsp3) is 0. The molecule has 0 aliphatic heterocycles. The zero-order valence-electron chi connectivity index (χ0n) is 12.9. The van der Waals surface area contributed by atoms with Crippen LogP contribution >= 0.6 is 0 Å². The van der Waals surface area contributed by atoms with Crippen LogP contribution in [0.3, 0.4) is 0 Å². The summed E-state index contributed by atoms with van der Waals surface area (Å²) in [6.45, 7) is 7.44. The number of aliphatic carboxylic acids is 2. The molecule has 0 bridgehead atoms. The van der Waals surface area contributed by atoms with E-state index in [0.29, 0.717) is 0 Å². The van der Waals surface area contributed by atoms with Crippen LogP contribution in [0.15, 0.2) is 60.7 Å². The summed E-state index contributed by atoms with van der Waals surface area (Å²) in [6, 6.07) is 19.7. The Morgan fingerprint density at radius 3 is 1.04 bits per heavy atom. The van der Waals surface area contributed by atoms with E-state index in [0.717, 1.165) is 11.1 Å². The van der Waals surface area contributed by atoms with Gasteiger partial charge in [-0.05, 0) is 0 Å². The predicted octanol–water partition coefficient (Wildman–Crippen LogP) is 2.34. The normalized spacial score (nSPS) is 7.48. The number of benzene rings is 2. The molecule has 2 aromatic rings. The second-order valence-electron chi connectivity index (χ2n) is 3.79. The van der Waals surface area contributed by atoms with Gasteiger partial charge in [-0.3, -0.25) is 9.59 Å². The summed E-state index contributed by atoms with van der Waals surface area (Å²) < 4.78 is 0. The first kappa shape index (κ1) is 27.4. The number of hydrogen-bond acceptors (Lipinski definition) is 2. The van der Waals surface area contributed by atoms with Gasteiger partial charge >= 0.3 is 75.5 Å². The molecular formula is C17H17Ca2O4+. The van der Waals surface area contributed by atoms with Gasteiger partial charge in [0.05, 0.1) is 0 Å².